The van der Waals surface area contributed by atoms with Gasteiger partial charge in [-0.05, 0) is 55.0 Å². The summed E-state index contributed by atoms with van der Waals surface area (Å²) < 4.78 is 28.4. The summed E-state index contributed by atoms with van der Waals surface area (Å²) in [6.07, 6.45) is 0.810. The Kier molecular flexibility index (Phi) is 9.41. The Bertz CT molecular complexity index is 1170. The number of carbonyl (C=O) groups is 1. The minimum atomic E-state index is -3.89. The smallest absolute Gasteiger partial charge is 0.264 e. The Balaban J connectivity index is 1.56. The molecule has 3 aromatic rings. The van der Waals surface area contributed by atoms with Crippen LogP contribution in [-0.4, -0.2) is 33.2 Å². The molecule has 0 saturated carbocycles. The zero-order valence-corrected chi connectivity index (χ0v) is 21.6. The molecule has 0 aliphatic heterocycles. The van der Waals surface area contributed by atoms with Crippen LogP contribution in [0.4, 0.5) is 5.69 Å². The maximum Gasteiger partial charge on any atom is 0.264 e. The average Bonchev–Trinajstić information content (AvgIpc) is 2.80. The van der Waals surface area contributed by atoms with Crippen LogP contribution in [0.15, 0.2) is 88.2 Å². The van der Waals surface area contributed by atoms with Crippen molar-refractivity contribution >= 4 is 49.3 Å². The summed E-state index contributed by atoms with van der Waals surface area (Å²) in [5.41, 5.74) is 2.97. The number of hydrogen-bond acceptors (Lipinski definition) is 4. The van der Waals surface area contributed by atoms with Gasteiger partial charge >= 0.3 is 0 Å². The first kappa shape index (κ1) is 25.3. The van der Waals surface area contributed by atoms with Gasteiger partial charge in [0.15, 0.2) is 0 Å². The number of sulfonamides is 1. The normalized spacial score (nSPS) is 11.2. The molecule has 0 radical (unpaired) electrons. The Morgan fingerprint density at radius 1 is 1.00 bits per heavy atom. The number of nitrogens with zero attached hydrogens (tertiary/aromatic N) is 1. The van der Waals surface area contributed by atoms with Gasteiger partial charge < -0.3 is 5.32 Å². The molecule has 0 fully saturated rings. The number of thioether (sulfide) groups is 1. The number of benzene rings is 3. The molecule has 0 aliphatic carbocycles. The average molecular weight is 548 g/mol. The predicted molar refractivity (Wildman–Crippen MR) is 140 cm³/mol. The van der Waals surface area contributed by atoms with E-state index >= 15 is 0 Å². The summed E-state index contributed by atoms with van der Waals surface area (Å²) in [6.45, 7) is 2.29. The number of halogens is 1. The zero-order valence-electron chi connectivity index (χ0n) is 18.4. The fourth-order valence-electron chi connectivity index (χ4n) is 3.25. The lowest BCUT2D eigenvalue weighted by Gasteiger charge is -2.24. The number of carbonyl (C=O) groups excluding carboxylic acids is 1. The lowest BCUT2D eigenvalue weighted by Crippen LogP contribution is -2.41. The third-order valence-electron chi connectivity index (χ3n) is 4.85. The van der Waals surface area contributed by atoms with Gasteiger partial charge in [-0.3, -0.25) is 9.10 Å². The second-order valence-electron chi connectivity index (χ2n) is 7.55. The molecule has 3 rings (SSSR count). The van der Waals surface area contributed by atoms with Crippen LogP contribution in [0, 0.1) is 6.92 Å². The first-order chi connectivity index (χ1) is 15.9. The Labute approximate surface area is 208 Å². The number of hydrogen-bond donors (Lipinski definition) is 1. The molecule has 174 valence electrons. The molecule has 0 aromatic heterocycles. The molecule has 5 nitrogen and oxygen atoms in total. The van der Waals surface area contributed by atoms with Crippen LogP contribution < -0.4 is 9.62 Å². The van der Waals surface area contributed by atoms with E-state index in [1.807, 2.05) is 17.8 Å². The van der Waals surface area contributed by atoms with Crippen LogP contribution in [0.25, 0.3) is 0 Å². The number of aryl methyl sites for hydroxylation is 1. The zero-order chi connectivity index (χ0) is 23.7. The predicted octanol–water partition coefficient (Wildman–Crippen LogP) is 5.39. The highest BCUT2D eigenvalue weighted by Crippen LogP contribution is 2.26. The summed E-state index contributed by atoms with van der Waals surface area (Å²) >= 11 is 5.20. The van der Waals surface area contributed by atoms with Crippen molar-refractivity contribution in [2.45, 2.75) is 24.0 Å². The maximum atomic E-state index is 13.3. The first-order valence-electron chi connectivity index (χ1n) is 10.6. The molecule has 33 heavy (non-hydrogen) atoms. The van der Waals surface area contributed by atoms with E-state index in [-0.39, 0.29) is 17.3 Å². The SMILES string of the molecule is Cc1cccc(CSCCCNC(=O)CN(c2cccc(Br)c2)S(=O)(=O)c2ccccc2)c1. The molecule has 0 bridgehead atoms. The van der Waals surface area contributed by atoms with Crippen LogP contribution in [-0.2, 0) is 20.6 Å². The van der Waals surface area contributed by atoms with E-state index in [0.717, 1.165) is 26.7 Å². The fourth-order valence-corrected chi connectivity index (χ4v) is 5.98. The molecule has 1 amide bonds. The van der Waals surface area contributed by atoms with Crippen molar-refractivity contribution in [2.24, 2.45) is 0 Å². The van der Waals surface area contributed by atoms with Crippen molar-refractivity contribution in [3.8, 4) is 0 Å². The lowest BCUT2D eigenvalue weighted by molar-refractivity contribution is -0.119. The topological polar surface area (TPSA) is 66.5 Å². The van der Waals surface area contributed by atoms with Gasteiger partial charge in [-0.1, -0.05) is 70.0 Å². The number of amides is 1. The largest absolute Gasteiger partial charge is 0.354 e. The highest BCUT2D eigenvalue weighted by Gasteiger charge is 2.27. The van der Waals surface area contributed by atoms with E-state index in [1.165, 1.54) is 23.3 Å². The van der Waals surface area contributed by atoms with Crippen LogP contribution in [0.3, 0.4) is 0 Å². The standard InChI is InChI=1S/C25H27BrN2O3S2/c1-20-8-5-9-21(16-20)19-32-15-7-14-27-25(29)18-28(23-11-6-10-22(26)17-23)33(30,31)24-12-3-2-4-13-24/h2-6,8-13,16-17H,7,14-15,18-19H2,1H3,(H,27,29). The summed E-state index contributed by atoms with van der Waals surface area (Å²) in [7, 11) is -3.89. The van der Waals surface area contributed by atoms with Gasteiger partial charge in [0, 0.05) is 16.8 Å². The summed E-state index contributed by atoms with van der Waals surface area (Å²) in [5.74, 6) is 1.51. The van der Waals surface area contributed by atoms with Crippen molar-refractivity contribution in [3.05, 3.63) is 94.5 Å². The first-order valence-corrected chi connectivity index (χ1v) is 14.0. The van der Waals surface area contributed by atoms with Gasteiger partial charge in [-0.25, -0.2) is 8.42 Å². The van der Waals surface area contributed by atoms with Gasteiger partial charge in [0.05, 0.1) is 10.6 Å². The molecule has 0 saturated heterocycles. The monoisotopic (exact) mass is 546 g/mol. The van der Waals surface area contributed by atoms with E-state index in [0.29, 0.717) is 12.2 Å². The highest BCUT2D eigenvalue weighted by molar-refractivity contribution is 9.10. The van der Waals surface area contributed by atoms with E-state index in [4.69, 9.17) is 0 Å². The Morgan fingerprint density at radius 2 is 1.76 bits per heavy atom. The quantitative estimate of drug-likeness (QED) is 0.327. The summed E-state index contributed by atoms with van der Waals surface area (Å²) in [6, 6.07) is 23.5. The van der Waals surface area contributed by atoms with Crippen molar-refractivity contribution in [1.29, 1.82) is 0 Å². The van der Waals surface area contributed by atoms with E-state index in [2.05, 4.69) is 52.4 Å². The Hall–Kier alpha value is -2.29. The van der Waals surface area contributed by atoms with E-state index in [9.17, 15) is 13.2 Å². The summed E-state index contributed by atoms with van der Waals surface area (Å²) in [5, 5.41) is 2.86. The fraction of sp³-hybridized carbons (Fsp3) is 0.240. The molecular formula is C25H27BrN2O3S2. The molecular weight excluding hydrogens is 520 g/mol. The second-order valence-corrected chi connectivity index (χ2v) is 11.4. The van der Waals surface area contributed by atoms with Crippen molar-refractivity contribution in [3.63, 3.8) is 0 Å². The molecule has 1 N–H and O–H groups in total. The molecule has 0 atom stereocenters. The number of anilines is 1. The van der Waals surface area contributed by atoms with E-state index in [1.54, 1.807) is 36.4 Å². The number of nitrogens with one attached hydrogen (secondary N) is 1. The van der Waals surface area contributed by atoms with Crippen LogP contribution >= 0.6 is 27.7 Å². The maximum absolute atomic E-state index is 13.3. The molecule has 0 heterocycles. The highest BCUT2D eigenvalue weighted by atomic mass is 79.9. The molecule has 8 heteroatoms. The Morgan fingerprint density at radius 3 is 2.48 bits per heavy atom. The minimum Gasteiger partial charge on any atom is -0.354 e. The van der Waals surface area contributed by atoms with Crippen LogP contribution in [0.1, 0.15) is 17.5 Å². The lowest BCUT2D eigenvalue weighted by atomic mass is 10.2. The second kappa shape index (κ2) is 12.3. The molecule has 0 unspecified atom stereocenters. The molecule has 3 aromatic carbocycles. The number of rotatable bonds is 11. The van der Waals surface area contributed by atoms with Gasteiger partial charge in [-0.15, -0.1) is 0 Å². The van der Waals surface area contributed by atoms with Gasteiger partial charge in [-0.2, -0.15) is 11.8 Å². The molecule has 0 aliphatic rings. The van der Waals surface area contributed by atoms with Crippen molar-refractivity contribution in [2.75, 3.05) is 23.1 Å². The van der Waals surface area contributed by atoms with E-state index < -0.39 is 10.0 Å². The van der Waals surface area contributed by atoms with Gasteiger partial charge in [0.25, 0.3) is 10.0 Å². The van der Waals surface area contributed by atoms with Crippen LogP contribution in [0.2, 0.25) is 0 Å². The third kappa shape index (κ3) is 7.62. The van der Waals surface area contributed by atoms with Gasteiger partial charge in [0.1, 0.15) is 6.54 Å². The minimum absolute atomic E-state index is 0.144. The molecule has 0 spiro atoms. The summed E-state index contributed by atoms with van der Waals surface area (Å²) in [4.78, 5) is 12.8. The van der Waals surface area contributed by atoms with Crippen LogP contribution in [0.5, 0.6) is 0 Å². The third-order valence-corrected chi connectivity index (χ3v) is 8.25. The van der Waals surface area contributed by atoms with Gasteiger partial charge in [0.2, 0.25) is 5.91 Å². The van der Waals surface area contributed by atoms with Crippen molar-refractivity contribution < 1.29 is 13.2 Å². The van der Waals surface area contributed by atoms with Crippen molar-refractivity contribution in [1.82, 2.24) is 5.32 Å².